The molecule has 0 fully saturated rings. The van der Waals surface area contributed by atoms with Crippen LogP contribution in [0.1, 0.15) is 18.5 Å². The number of halogens is 4. The van der Waals surface area contributed by atoms with E-state index < -0.39 is 5.82 Å². The van der Waals surface area contributed by atoms with Crippen LogP contribution >= 0.6 is 34.8 Å². The summed E-state index contributed by atoms with van der Waals surface area (Å²) in [4.78, 5) is 0. The number of hydrogen-bond donors (Lipinski definition) is 1. The highest BCUT2D eigenvalue weighted by molar-refractivity contribution is 6.36. The second kappa shape index (κ2) is 6.73. The van der Waals surface area contributed by atoms with Gasteiger partial charge in [0.2, 0.25) is 0 Å². The second-order valence-electron chi connectivity index (χ2n) is 4.47. The van der Waals surface area contributed by atoms with E-state index in [9.17, 15) is 4.39 Å². The number of ether oxygens (including phenoxy) is 1. The molecule has 2 nitrogen and oxygen atoms in total. The van der Waals surface area contributed by atoms with Crippen LogP contribution in [0.5, 0.6) is 5.75 Å². The molecule has 0 spiro atoms. The molecule has 0 aliphatic rings. The van der Waals surface area contributed by atoms with E-state index in [-0.39, 0.29) is 11.1 Å². The van der Waals surface area contributed by atoms with Gasteiger partial charge in [0.05, 0.1) is 28.9 Å². The van der Waals surface area contributed by atoms with Gasteiger partial charge in [-0.3, -0.25) is 0 Å². The van der Waals surface area contributed by atoms with Gasteiger partial charge in [-0.05, 0) is 31.2 Å². The van der Waals surface area contributed by atoms with Crippen molar-refractivity contribution >= 4 is 40.5 Å². The number of benzene rings is 2. The lowest BCUT2D eigenvalue weighted by atomic mass is 10.1. The molecule has 0 heterocycles. The van der Waals surface area contributed by atoms with E-state index in [1.807, 2.05) is 6.92 Å². The molecule has 2 rings (SSSR count). The Balaban J connectivity index is 2.34. The van der Waals surface area contributed by atoms with Crippen molar-refractivity contribution in [1.82, 2.24) is 0 Å². The van der Waals surface area contributed by atoms with Crippen molar-refractivity contribution in [3.8, 4) is 5.75 Å². The molecule has 0 saturated carbocycles. The molecule has 0 aromatic heterocycles. The molecule has 0 radical (unpaired) electrons. The van der Waals surface area contributed by atoms with Gasteiger partial charge in [0.1, 0.15) is 11.6 Å². The average Bonchev–Trinajstić information content (AvgIpc) is 2.46. The summed E-state index contributed by atoms with van der Waals surface area (Å²) in [6.45, 7) is 1.82. The van der Waals surface area contributed by atoms with Gasteiger partial charge >= 0.3 is 0 Å². The van der Waals surface area contributed by atoms with Crippen LogP contribution < -0.4 is 10.1 Å². The molecule has 1 atom stereocenters. The first-order chi connectivity index (χ1) is 9.93. The molecule has 1 unspecified atom stereocenters. The summed E-state index contributed by atoms with van der Waals surface area (Å²) in [7, 11) is 1.57. The molecule has 2 aromatic rings. The first-order valence-corrected chi connectivity index (χ1v) is 7.31. The zero-order valence-corrected chi connectivity index (χ0v) is 13.7. The van der Waals surface area contributed by atoms with Crippen LogP contribution in [0.25, 0.3) is 0 Å². The molecule has 6 heteroatoms. The number of anilines is 1. The third-order valence-corrected chi connectivity index (χ3v) is 4.10. The SMILES string of the molecule is COc1ccc(Cl)c(NC(C)c2c(Cl)ccc(F)c2Cl)c1. The van der Waals surface area contributed by atoms with E-state index in [0.29, 0.717) is 27.0 Å². The Kier molecular flexibility index (Phi) is 5.20. The maximum atomic E-state index is 13.6. The van der Waals surface area contributed by atoms with Gasteiger partial charge < -0.3 is 10.1 Å². The highest BCUT2D eigenvalue weighted by Gasteiger charge is 2.18. The molecule has 2 aromatic carbocycles. The summed E-state index contributed by atoms with van der Waals surface area (Å²) < 4.78 is 18.7. The fraction of sp³-hybridized carbons (Fsp3) is 0.200. The van der Waals surface area contributed by atoms with Crippen molar-refractivity contribution in [2.24, 2.45) is 0 Å². The molecule has 21 heavy (non-hydrogen) atoms. The fourth-order valence-corrected chi connectivity index (χ4v) is 2.86. The zero-order valence-electron chi connectivity index (χ0n) is 11.4. The first kappa shape index (κ1) is 16.2. The lowest BCUT2D eigenvalue weighted by Crippen LogP contribution is -2.09. The minimum absolute atomic E-state index is 0.00141. The van der Waals surface area contributed by atoms with E-state index in [4.69, 9.17) is 39.5 Å². The van der Waals surface area contributed by atoms with E-state index in [1.165, 1.54) is 12.1 Å². The molecule has 0 aliphatic carbocycles. The van der Waals surface area contributed by atoms with Crippen molar-refractivity contribution in [1.29, 1.82) is 0 Å². The van der Waals surface area contributed by atoms with E-state index in [0.717, 1.165) is 0 Å². The second-order valence-corrected chi connectivity index (χ2v) is 5.66. The lowest BCUT2D eigenvalue weighted by molar-refractivity contribution is 0.415. The van der Waals surface area contributed by atoms with E-state index >= 15 is 0 Å². The maximum absolute atomic E-state index is 13.6. The smallest absolute Gasteiger partial charge is 0.142 e. The Hall–Kier alpha value is -1.16. The summed E-state index contributed by atoms with van der Waals surface area (Å²) in [6.07, 6.45) is 0. The summed E-state index contributed by atoms with van der Waals surface area (Å²) in [5.41, 5.74) is 1.14. The summed E-state index contributed by atoms with van der Waals surface area (Å²) in [6, 6.07) is 7.60. The molecule has 0 saturated heterocycles. The predicted molar refractivity (Wildman–Crippen MR) is 86.5 cm³/mol. The minimum atomic E-state index is -0.513. The lowest BCUT2D eigenvalue weighted by Gasteiger charge is -2.20. The largest absolute Gasteiger partial charge is 0.497 e. The van der Waals surface area contributed by atoms with Crippen molar-refractivity contribution in [2.45, 2.75) is 13.0 Å². The summed E-state index contributed by atoms with van der Waals surface area (Å²) >= 11 is 18.3. The number of rotatable bonds is 4. The van der Waals surface area contributed by atoms with Crippen molar-refractivity contribution in [2.75, 3.05) is 12.4 Å². The van der Waals surface area contributed by atoms with Gasteiger partial charge in [0, 0.05) is 16.7 Å². The number of hydrogen-bond acceptors (Lipinski definition) is 2. The standard InChI is InChI=1S/C15H13Cl3FNO/c1-8(14-11(17)5-6-12(19)15(14)18)20-13-7-9(21-2)3-4-10(13)16/h3-8,20H,1-2H3. The van der Waals surface area contributed by atoms with Crippen LogP contribution in [0.15, 0.2) is 30.3 Å². The van der Waals surface area contributed by atoms with Crippen LogP contribution in [-0.4, -0.2) is 7.11 Å². The van der Waals surface area contributed by atoms with Crippen LogP contribution in [-0.2, 0) is 0 Å². The monoisotopic (exact) mass is 347 g/mol. The fourth-order valence-electron chi connectivity index (χ4n) is 1.99. The van der Waals surface area contributed by atoms with Crippen LogP contribution in [0, 0.1) is 5.82 Å². The van der Waals surface area contributed by atoms with Gasteiger partial charge in [0.25, 0.3) is 0 Å². The molecular formula is C15H13Cl3FNO. The maximum Gasteiger partial charge on any atom is 0.142 e. The first-order valence-electron chi connectivity index (χ1n) is 6.17. The quantitative estimate of drug-likeness (QED) is 0.687. The van der Waals surface area contributed by atoms with Gasteiger partial charge in [-0.25, -0.2) is 4.39 Å². The Bertz CT molecular complexity index is 664. The zero-order chi connectivity index (χ0) is 15.6. The van der Waals surface area contributed by atoms with Crippen LogP contribution in [0.2, 0.25) is 15.1 Å². The number of methoxy groups -OCH3 is 1. The highest BCUT2D eigenvalue weighted by atomic mass is 35.5. The van der Waals surface area contributed by atoms with Crippen LogP contribution in [0.3, 0.4) is 0 Å². The van der Waals surface area contributed by atoms with Gasteiger partial charge in [-0.2, -0.15) is 0 Å². The van der Waals surface area contributed by atoms with E-state index in [2.05, 4.69) is 5.32 Å². The Labute approximate surface area is 137 Å². The molecule has 112 valence electrons. The average molecular weight is 349 g/mol. The van der Waals surface area contributed by atoms with Gasteiger partial charge in [-0.15, -0.1) is 0 Å². The van der Waals surface area contributed by atoms with Crippen molar-refractivity contribution in [3.63, 3.8) is 0 Å². The predicted octanol–water partition coefficient (Wildman–Crippen LogP) is 5.97. The molecule has 0 bridgehead atoms. The summed E-state index contributed by atoms with van der Waals surface area (Å²) in [5, 5.41) is 4.07. The van der Waals surface area contributed by atoms with E-state index in [1.54, 1.807) is 25.3 Å². The third kappa shape index (κ3) is 3.54. The normalized spacial score (nSPS) is 12.1. The Morgan fingerprint density at radius 3 is 2.43 bits per heavy atom. The topological polar surface area (TPSA) is 21.3 Å². The molecule has 1 N–H and O–H groups in total. The Morgan fingerprint density at radius 2 is 1.76 bits per heavy atom. The highest BCUT2D eigenvalue weighted by Crippen LogP contribution is 2.36. The number of nitrogens with one attached hydrogen (secondary N) is 1. The summed E-state index contributed by atoms with van der Waals surface area (Å²) in [5.74, 6) is 0.145. The molecule has 0 amide bonds. The molecular weight excluding hydrogens is 336 g/mol. The van der Waals surface area contributed by atoms with Crippen molar-refractivity contribution in [3.05, 3.63) is 56.8 Å². The van der Waals surface area contributed by atoms with Gasteiger partial charge in [-0.1, -0.05) is 34.8 Å². The van der Waals surface area contributed by atoms with Crippen LogP contribution in [0.4, 0.5) is 10.1 Å². The van der Waals surface area contributed by atoms with Crippen molar-refractivity contribution < 1.29 is 9.13 Å². The minimum Gasteiger partial charge on any atom is -0.497 e. The van der Waals surface area contributed by atoms with Gasteiger partial charge in [0.15, 0.2) is 0 Å². The molecule has 0 aliphatic heterocycles. The third-order valence-electron chi connectivity index (χ3n) is 3.06. The Morgan fingerprint density at radius 1 is 1.10 bits per heavy atom.